The summed E-state index contributed by atoms with van der Waals surface area (Å²) < 4.78 is 12.9. The zero-order chi connectivity index (χ0) is 14.7. The van der Waals surface area contributed by atoms with Crippen molar-refractivity contribution in [3.63, 3.8) is 0 Å². The molecule has 0 spiro atoms. The van der Waals surface area contributed by atoms with Crippen molar-refractivity contribution in [2.24, 2.45) is 0 Å². The van der Waals surface area contributed by atoms with E-state index in [1.807, 2.05) is 0 Å². The Morgan fingerprint density at radius 1 is 1.19 bits per heavy atom. The number of benzene rings is 1. The van der Waals surface area contributed by atoms with Gasteiger partial charge in [0, 0.05) is 11.8 Å². The number of pyridine rings is 1. The van der Waals surface area contributed by atoms with E-state index < -0.39 is 0 Å². The summed E-state index contributed by atoms with van der Waals surface area (Å²) in [5, 5.41) is 11.5. The van der Waals surface area contributed by atoms with E-state index in [9.17, 15) is 4.39 Å². The second-order valence-corrected chi connectivity index (χ2v) is 4.53. The molecule has 6 nitrogen and oxygen atoms in total. The van der Waals surface area contributed by atoms with E-state index in [1.165, 1.54) is 17.0 Å². The highest BCUT2D eigenvalue weighted by atomic mass is 35.5. The maximum Gasteiger partial charge on any atom is 0.222 e. The normalized spacial score (nSPS) is 10.6. The molecule has 0 amide bonds. The van der Waals surface area contributed by atoms with Gasteiger partial charge in [0.15, 0.2) is 0 Å². The van der Waals surface area contributed by atoms with Crippen LogP contribution in [-0.4, -0.2) is 25.4 Å². The lowest BCUT2D eigenvalue weighted by Crippen LogP contribution is -2.14. The Hall–Kier alpha value is -2.54. The Balaban J connectivity index is 1.78. The minimum atomic E-state index is -0.329. The average molecular weight is 306 g/mol. The van der Waals surface area contributed by atoms with Gasteiger partial charge in [0.1, 0.15) is 17.6 Å². The first-order valence-electron chi connectivity index (χ1n) is 6.00. The zero-order valence-corrected chi connectivity index (χ0v) is 11.4. The Labute approximate surface area is 124 Å². The maximum absolute atomic E-state index is 12.9. The number of nitrogens with zero attached hydrogens (tertiary/aromatic N) is 5. The number of rotatable bonds is 4. The molecule has 0 atom stereocenters. The fourth-order valence-corrected chi connectivity index (χ4v) is 1.90. The Bertz CT molecular complexity index is 746. The van der Waals surface area contributed by atoms with E-state index in [-0.39, 0.29) is 12.4 Å². The summed E-state index contributed by atoms with van der Waals surface area (Å²) in [6.07, 6.45) is 1.58. The lowest BCUT2D eigenvalue weighted by molar-refractivity contribution is 0.0694. The highest BCUT2D eigenvalue weighted by molar-refractivity contribution is 6.29. The van der Waals surface area contributed by atoms with Crippen molar-refractivity contribution in [1.29, 1.82) is 0 Å². The van der Waals surface area contributed by atoms with Crippen LogP contribution < -0.4 is 4.84 Å². The molecule has 0 aliphatic heterocycles. The smallest absolute Gasteiger partial charge is 0.222 e. The van der Waals surface area contributed by atoms with Crippen molar-refractivity contribution in [3.05, 3.63) is 59.1 Å². The Morgan fingerprint density at radius 3 is 2.76 bits per heavy atom. The van der Waals surface area contributed by atoms with Gasteiger partial charge in [-0.25, -0.2) is 9.37 Å². The van der Waals surface area contributed by atoms with Gasteiger partial charge < -0.3 is 4.84 Å². The highest BCUT2D eigenvalue weighted by Crippen LogP contribution is 2.15. The molecule has 0 aliphatic carbocycles. The minimum Gasteiger partial charge on any atom is -0.389 e. The molecule has 0 saturated carbocycles. The van der Waals surface area contributed by atoms with Crippen molar-refractivity contribution in [2.45, 2.75) is 6.61 Å². The van der Waals surface area contributed by atoms with Gasteiger partial charge in [-0.2, -0.15) is 0 Å². The predicted octanol–water partition coefficient (Wildman–Crippen LogP) is 2.16. The van der Waals surface area contributed by atoms with E-state index in [0.717, 1.165) is 5.56 Å². The summed E-state index contributed by atoms with van der Waals surface area (Å²) in [5.41, 5.74) is 1.48. The quantitative estimate of drug-likeness (QED) is 0.691. The van der Waals surface area contributed by atoms with Crippen molar-refractivity contribution in [2.75, 3.05) is 0 Å². The number of halogens is 2. The number of hydrogen-bond donors (Lipinski definition) is 0. The average Bonchev–Trinajstić information content (AvgIpc) is 2.94. The molecule has 0 saturated heterocycles. The minimum absolute atomic E-state index is 0.224. The molecular formula is C13H9ClFN5O. The van der Waals surface area contributed by atoms with E-state index in [4.69, 9.17) is 16.4 Å². The van der Waals surface area contributed by atoms with Gasteiger partial charge in [-0.1, -0.05) is 16.4 Å². The van der Waals surface area contributed by atoms with E-state index in [2.05, 4.69) is 20.5 Å². The Morgan fingerprint density at radius 2 is 2.00 bits per heavy atom. The highest BCUT2D eigenvalue weighted by Gasteiger charge is 2.10. The molecule has 21 heavy (non-hydrogen) atoms. The summed E-state index contributed by atoms with van der Waals surface area (Å²) in [7, 11) is 0. The van der Waals surface area contributed by atoms with Crippen molar-refractivity contribution in [1.82, 2.24) is 25.4 Å². The molecule has 8 heteroatoms. The molecule has 2 aromatic heterocycles. The topological polar surface area (TPSA) is 65.7 Å². The summed E-state index contributed by atoms with van der Waals surface area (Å²) in [4.78, 5) is 10.6. The van der Waals surface area contributed by atoms with Gasteiger partial charge in [-0.3, -0.25) is 0 Å². The Kier molecular flexibility index (Phi) is 3.74. The SMILES string of the molecule is Fc1ccc(-c2nnnn2OCc2ccnc(Cl)c2)cc1. The first-order valence-corrected chi connectivity index (χ1v) is 6.38. The summed E-state index contributed by atoms with van der Waals surface area (Å²) >= 11 is 5.80. The number of aromatic nitrogens is 5. The maximum atomic E-state index is 12.9. The van der Waals surface area contributed by atoms with Gasteiger partial charge in [-0.05, 0) is 52.4 Å². The summed E-state index contributed by atoms with van der Waals surface area (Å²) in [6.45, 7) is 0.224. The molecule has 3 rings (SSSR count). The largest absolute Gasteiger partial charge is 0.389 e. The molecule has 106 valence electrons. The van der Waals surface area contributed by atoms with Gasteiger partial charge >= 0.3 is 0 Å². The molecule has 3 aromatic rings. The van der Waals surface area contributed by atoms with Crippen LogP contribution in [0.3, 0.4) is 0 Å². The summed E-state index contributed by atoms with van der Waals surface area (Å²) in [5.74, 6) is 0.0558. The third-order valence-electron chi connectivity index (χ3n) is 2.69. The van der Waals surface area contributed by atoms with E-state index >= 15 is 0 Å². The first-order chi connectivity index (χ1) is 10.2. The molecule has 0 aliphatic rings. The number of tetrazole rings is 1. The molecule has 0 unspecified atom stereocenters. The molecule has 2 heterocycles. The van der Waals surface area contributed by atoms with Crippen LogP contribution in [0.5, 0.6) is 0 Å². The number of hydrogen-bond acceptors (Lipinski definition) is 5. The van der Waals surface area contributed by atoms with Crippen LogP contribution in [0, 0.1) is 5.82 Å². The molecule has 0 fully saturated rings. The molecular weight excluding hydrogens is 297 g/mol. The fraction of sp³-hybridized carbons (Fsp3) is 0.0769. The van der Waals surface area contributed by atoms with Gasteiger partial charge in [0.25, 0.3) is 0 Å². The van der Waals surface area contributed by atoms with E-state index in [1.54, 1.807) is 30.5 Å². The predicted molar refractivity (Wildman–Crippen MR) is 72.7 cm³/mol. The van der Waals surface area contributed by atoms with Crippen molar-refractivity contribution in [3.8, 4) is 11.4 Å². The lowest BCUT2D eigenvalue weighted by atomic mass is 10.2. The van der Waals surface area contributed by atoms with Crippen LogP contribution in [0.15, 0.2) is 42.6 Å². The molecule has 0 N–H and O–H groups in total. The molecule has 0 bridgehead atoms. The van der Waals surface area contributed by atoms with Gasteiger partial charge in [0.05, 0.1) is 0 Å². The monoisotopic (exact) mass is 305 g/mol. The second-order valence-electron chi connectivity index (χ2n) is 4.14. The lowest BCUT2D eigenvalue weighted by Gasteiger charge is -2.06. The first kappa shape index (κ1) is 13.4. The zero-order valence-electron chi connectivity index (χ0n) is 10.6. The van der Waals surface area contributed by atoms with Crippen LogP contribution in [0.1, 0.15) is 5.56 Å². The second kappa shape index (κ2) is 5.84. The molecule has 1 aromatic carbocycles. The molecule has 0 radical (unpaired) electrons. The van der Waals surface area contributed by atoms with Gasteiger partial charge in [0.2, 0.25) is 5.82 Å². The van der Waals surface area contributed by atoms with Crippen molar-refractivity contribution < 1.29 is 9.23 Å². The third-order valence-corrected chi connectivity index (χ3v) is 2.90. The van der Waals surface area contributed by atoms with Crippen LogP contribution in [0.4, 0.5) is 4.39 Å². The summed E-state index contributed by atoms with van der Waals surface area (Å²) in [6, 6.07) is 9.26. The van der Waals surface area contributed by atoms with Crippen molar-refractivity contribution >= 4 is 11.6 Å². The standard InChI is InChI=1S/C13H9ClFN5O/c14-12-7-9(5-6-16-12)8-21-20-13(17-18-19-20)10-1-3-11(15)4-2-10/h1-7H,8H2. The fourth-order valence-electron chi connectivity index (χ4n) is 1.70. The van der Waals surface area contributed by atoms with Crippen LogP contribution in [0.25, 0.3) is 11.4 Å². The van der Waals surface area contributed by atoms with Crippen LogP contribution in [-0.2, 0) is 6.61 Å². The van der Waals surface area contributed by atoms with E-state index in [0.29, 0.717) is 16.5 Å². The third kappa shape index (κ3) is 3.14. The van der Waals surface area contributed by atoms with Gasteiger partial charge in [-0.15, -0.1) is 5.10 Å². The van der Waals surface area contributed by atoms with Crippen LogP contribution in [0.2, 0.25) is 5.15 Å². The van der Waals surface area contributed by atoms with Crippen LogP contribution >= 0.6 is 11.6 Å².